The topological polar surface area (TPSA) is 48.4 Å². The molecule has 0 N–H and O–H groups in total. The number of anilines is 2. The molecule has 1 amide bonds. The van der Waals surface area contributed by atoms with E-state index in [2.05, 4.69) is 61.9 Å². The van der Waals surface area contributed by atoms with Gasteiger partial charge in [0.05, 0.1) is 29.3 Å². The SMILES string of the molecule is CC1=CC(C)(C)N(C)c2cc(Cl)c(/C=C3/SC(=Nc4ccc(N5CCOCC5)cc4)N(C)C3=O)cc21. The van der Waals surface area contributed by atoms with Gasteiger partial charge in [-0.3, -0.25) is 9.69 Å². The minimum atomic E-state index is -0.0911. The molecule has 0 spiro atoms. The Balaban J connectivity index is 1.40. The molecule has 0 radical (unpaired) electrons. The van der Waals surface area contributed by atoms with Gasteiger partial charge in [-0.05, 0) is 86.1 Å². The second-order valence-electron chi connectivity index (χ2n) is 9.92. The zero-order chi connectivity index (χ0) is 25.6. The summed E-state index contributed by atoms with van der Waals surface area (Å²) in [5.41, 5.74) is 6.14. The number of carbonyl (C=O) groups is 1. The lowest BCUT2D eigenvalue weighted by Gasteiger charge is -2.40. The van der Waals surface area contributed by atoms with Crippen LogP contribution in [-0.4, -0.2) is 61.9 Å². The molecule has 188 valence electrons. The van der Waals surface area contributed by atoms with Crippen molar-refractivity contribution in [3.8, 4) is 0 Å². The summed E-state index contributed by atoms with van der Waals surface area (Å²) < 4.78 is 5.44. The quantitative estimate of drug-likeness (QED) is 0.460. The van der Waals surface area contributed by atoms with Crippen LogP contribution in [0, 0.1) is 0 Å². The predicted molar refractivity (Wildman–Crippen MR) is 152 cm³/mol. The zero-order valence-electron chi connectivity index (χ0n) is 21.3. The number of nitrogens with zero attached hydrogens (tertiary/aromatic N) is 4. The molecule has 36 heavy (non-hydrogen) atoms. The van der Waals surface area contributed by atoms with E-state index in [1.165, 1.54) is 17.3 Å². The van der Waals surface area contributed by atoms with Crippen molar-refractivity contribution in [2.75, 3.05) is 50.2 Å². The highest BCUT2D eigenvalue weighted by Crippen LogP contribution is 2.42. The molecular weight excluding hydrogens is 492 g/mol. The first-order chi connectivity index (χ1) is 17.1. The zero-order valence-corrected chi connectivity index (χ0v) is 22.9. The van der Waals surface area contributed by atoms with E-state index in [1.54, 1.807) is 11.9 Å². The van der Waals surface area contributed by atoms with E-state index in [4.69, 9.17) is 21.3 Å². The molecule has 3 aliphatic heterocycles. The average Bonchev–Trinajstić information content (AvgIpc) is 3.12. The van der Waals surface area contributed by atoms with Crippen LogP contribution in [0.2, 0.25) is 5.02 Å². The van der Waals surface area contributed by atoms with E-state index in [0.29, 0.717) is 15.1 Å². The number of aliphatic imine (C=N–C) groups is 1. The third kappa shape index (κ3) is 4.67. The van der Waals surface area contributed by atoms with Gasteiger partial charge >= 0.3 is 0 Å². The van der Waals surface area contributed by atoms with Crippen LogP contribution in [0.25, 0.3) is 11.6 Å². The van der Waals surface area contributed by atoms with Crippen molar-refractivity contribution in [1.29, 1.82) is 0 Å². The maximum atomic E-state index is 13.0. The lowest BCUT2D eigenvalue weighted by atomic mass is 9.88. The van der Waals surface area contributed by atoms with Gasteiger partial charge in [0.1, 0.15) is 0 Å². The first-order valence-electron chi connectivity index (χ1n) is 12.1. The van der Waals surface area contributed by atoms with E-state index in [1.807, 2.05) is 24.3 Å². The largest absolute Gasteiger partial charge is 0.378 e. The summed E-state index contributed by atoms with van der Waals surface area (Å²) in [7, 11) is 3.84. The summed E-state index contributed by atoms with van der Waals surface area (Å²) in [5.74, 6) is -0.0806. The van der Waals surface area contributed by atoms with Crippen molar-refractivity contribution in [3.05, 3.63) is 63.5 Å². The molecule has 0 aromatic heterocycles. The van der Waals surface area contributed by atoms with Crippen LogP contribution in [0.1, 0.15) is 31.9 Å². The van der Waals surface area contributed by atoms with Crippen LogP contribution < -0.4 is 9.80 Å². The molecule has 0 aliphatic carbocycles. The number of benzene rings is 2. The number of halogens is 1. The Labute approximate surface area is 222 Å². The summed E-state index contributed by atoms with van der Waals surface area (Å²) >= 11 is 8.08. The number of amidine groups is 1. The predicted octanol–water partition coefficient (Wildman–Crippen LogP) is 6.04. The standard InChI is InChI=1S/C28H31ClN4O2S/c1-18-17-28(2,3)32(5)24-16-23(29)19(14-22(18)24)15-25-26(34)31(4)27(36-25)30-20-6-8-21(9-7-20)33-10-12-35-13-11-33/h6-9,14-17H,10-13H2,1-5H3/b25-15+,30-27?. The van der Waals surface area contributed by atoms with E-state index in [-0.39, 0.29) is 11.4 Å². The van der Waals surface area contributed by atoms with Gasteiger partial charge < -0.3 is 14.5 Å². The molecule has 2 aromatic rings. The third-order valence-corrected chi connectivity index (χ3v) is 8.46. The summed E-state index contributed by atoms with van der Waals surface area (Å²) in [6.07, 6.45) is 4.14. The van der Waals surface area contributed by atoms with Gasteiger partial charge in [-0.15, -0.1) is 0 Å². The van der Waals surface area contributed by atoms with Crippen LogP contribution in [0.3, 0.4) is 0 Å². The number of thioether (sulfide) groups is 1. The Morgan fingerprint density at radius 1 is 1.11 bits per heavy atom. The molecule has 0 atom stereocenters. The smallest absolute Gasteiger partial charge is 0.266 e. The first kappa shape index (κ1) is 24.9. The van der Waals surface area contributed by atoms with Gasteiger partial charge in [-0.25, -0.2) is 4.99 Å². The van der Waals surface area contributed by atoms with Crippen LogP contribution in [0.4, 0.5) is 17.1 Å². The van der Waals surface area contributed by atoms with Gasteiger partial charge in [0.15, 0.2) is 5.17 Å². The molecular formula is C28H31ClN4O2S. The molecule has 6 nitrogen and oxygen atoms in total. The van der Waals surface area contributed by atoms with Crippen LogP contribution >= 0.6 is 23.4 Å². The van der Waals surface area contributed by atoms with E-state index < -0.39 is 0 Å². The third-order valence-electron chi connectivity index (χ3n) is 7.08. The fraction of sp³-hybridized carbons (Fsp3) is 0.357. The number of fused-ring (bicyclic) bond motifs is 1. The maximum absolute atomic E-state index is 13.0. The molecule has 2 fully saturated rings. The number of hydrogen-bond acceptors (Lipinski definition) is 6. The minimum absolute atomic E-state index is 0.0806. The molecule has 8 heteroatoms. The maximum Gasteiger partial charge on any atom is 0.266 e. The van der Waals surface area contributed by atoms with Gasteiger partial charge in [0, 0.05) is 49.1 Å². The molecule has 2 aromatic carbocycles. The van der Waals surface area contributed by atoms with Crippen molar-refractivity contribution in [2.24, 2.45) is 4.99 Å². The molecule has 0 unspecified atom stereocenters. The number of hydrogen-bond donors (Lipinski definition) is 0. The Kier molecular flexibility index (Phi) is 6.66. The molecule has 0 bridgehead atoms. The number of likely N-dealkylation sites (N-methyl/N-ethyl adjacent to an activating group) is 2. The molecule has 3 aliphatic rings. The number of ether oxygens (including phenoxy) is 1. The van der Waals surface area contributed by atoms with Crippen LogP contribution in [0.5, 0.6) is 0 Å². The van der Waals surface area contributed by atoms with Crippen LogP contribution in [0.15, 0.2) is 52.4 Å². The van der Waals surface area contributed by atoms with Crippen molar-refractivity contribution < 1.29 is 9.53 Å². The van der Waals surface area contributed by atoms with E-state index in [9.17, 15) is 4.79 Å². The Morgan fingerprint density at radius 3 is 2.50 bits per heavy atom. The Hall–Kier alpha value is -2.74. The fourth-order valence-electron chi connectivity index (χ4n) is 4.76. The Bertz CT molecular complexity index is 1290. The van der Waals surface area contributed by atoms with Crippen LogP contribution in [-0.2, 0) is 9.53 Å². The highest BCUT2D eigenvalue weighted by Gasteiger charge is 2.32. The normalized spacial score (nSPS) is 21.9. The lowest BCUT2D eigenvalue weighted by molar-refractivity contribution is -0.121. The molecule has 0 saturated carbocycles. The second-order valence-corrected chi connectivity index (χ2v) is 11.3. The van der Waals surface area contributed by atoms with Crippen molar-refractivity contribution >= 4 is 63.1 Å². The first-order valence-corrected chi connectivity index (χ1v) is 13.3. The summed E-state index contributed by atoms with van der Waals surface area (Å²) in [6, 6.07) is 12.2. The summed E-state index contributed by atoms with van der Waals surface area (Å²) in [5, 5.41) is 1.27. The van der Waals surface area contributed by atoms with Gasteiger partial charge in [-0.2, -0.15) is 0 Å². The number of allylic oxidation sites excluding steroid dienone is 1. The summed E-state index contributed by atoms with van der Waals surface area (Å²) in [6.45, 7) is 9.78. The van der Waals surface area contributed by atoms with Crippen molar-refractivity contribution in [2.45, 2.75) is 26.3 Å². The average molecular weight is 523 g/mol. The highest BCUT2D eigenvalue weighted by atomic mass is 35.5. The van der Waals surface area contributed by atoms with E-state index in [0.717, 1.165) is 54.5 Å². The van der Waals surface area contributed by atoms with Crippen molar-refractivity contribution in [1.82, 2.24) is 4.90 Å². The fourth-order valence-corrected chi connectivity index (χ4v) is 5.95. The lowest BCUT2D eigenvalue weighted by Crippen LogP contribution is -2.42. The second kappa shape index (κ2) is 9.61. The molecule has 5 rings (SSSR count). The van der Waals surface area contributed by atoms with Gasteiger partial charge in [-0.1, -0.05) is 17.7 Å². The highest BCUT2D eigenvalue weighted by molar-refractivity contribution is 8.18. The van der Waals surface area contributed by atoms with Crippen molar-refractivity contribution in [3.63, 3.8) is 0 Å². The number of rotatable bonds is 3. The van der Waals surface area contributed by atoms with Gasteiger partial charge in [0.2, 0.25) is 0 Å². The number of carbonyl (C=O) groups excluding carboxylic acids is 1. The molecule has 2 saturated heterocycles. The monoisotopic (exact) mass is 522 g/mol. The van der Waals surface area contributed by atoms with E-state index >= 15 is 0 Å². The Morgan fingerprint density at radius 2 is 1.81 bits per heavy atom. The molecule has 3 heterocycles. The van der Waals surface area contributed by atoms with Gasteiger partial charge in [0.25, 0.3) is 5.91 Å². The minimum Gasteiger partial charge on any atom is -0.378 e. The number of amides is 1. The number of morpholine rings is 1. The summed E-state index contributed by atoms with van der Waals surface area (Å²) in [4.78, 5) is 24.5.